The van der Waals surface area contributed by atoms with Crippen LogP contribution < -0.4 is 10.1 Å². The van der Waals surface area contributed by atoms with Gasteiger partial charge in [-0.1, -0.05) is 19.4 Å². The van der Waals surface area contributed by atoms with Crippen molar-refractivity contribution in [1.29, 1.82) is 0 Å². The second kappa shape index (κ2) is 7.95. The summed E-state index contributed by atoms with van der Waals surface area (Å²) in [5.41, 5.74) is 1.09. The van der Waals surface area contributed by atoms with Crippen LogP contribution in [0.3, 0.4) is 0 Å². The Kier molecular flexibility index (Phi) is 6.54. The van der Waals surface area contributed by atoms with Crippen LogP contribution in [0, 0.1) is 0 Å². The Morgan fingerprint density at radius 1 is 1.33 bits per heavy atom. The summed E-state index contributed by atoms with van der Waals surface area (Å²) in [5, 5.41) is 13.0. The lowest BCUT2D eigenvalue weighted by molar-refractivity contribution is 0.161. The van der Waals surface area contributed by atoms with Gasteiger partial charge in [-0.2, -0.15) is 0 Å². The van der Waals surface area contributed by atoms with Gasteiger partial charge in [-0.05, 0) is 24.1 Å². The predicted molar refractivity (Wildman–Crippen MR) is 72.1 cm³/mol. The average Bonchev–Trinajstić information content (AvgIpc) is 2.38. The topological polar surface area (TPSA) is 50.7 Å². The van der Waals surface area contributed by atoms with E-state index >= 15 is 0 Å². The lowest BCUT2D eigenvalue weighted by atomic mass is 10.1. The highest BCUT2D eigenvalue weighted by Gasteiger charge is 2.08. The molecule has 0 radical (unpaired) electrons. The van der Waals surface area contributed by atoms with Crippen LogP contribution in [0.15, 0.2) is 18.2 Å². The van der Waals surface area contributed by atoms with E-state index in [9.17, 15) is 5.11 Å². The van der Waals surface area contributed by atoms with Crippen molar-refractivity contribution in [3.63, 3.8) is 0 Å². The molecule has 2 N–H and O–H groups in total. The second-order valence-electron chi connectivity index (χ2n) is 4.33. The van der Waals surface area contributed by atoms with Crippen molar-refractivity contribution in [2.24, 2.45) is 0 Å². The molecular weight excluding hydrogens is 230 g/mol. The van der Waals surface area contributed by atoms with E-state index in [-0.39, 0.29) is 5.75 Å². The molecule has 4 nitrogen and oxygen atoms in total. The van der Waals surface area contributed by atoms with E-state index < -0.39 is 0 Å². The van der Waals surface area contributed by atoms with Gasteiger partial charge in [0.1, 0.15) is 0 Å². The summed E-state index contributed by atoms with van der Waals surface area (Å²) in [7, 11) is 3.27. The monoisotopic (exact) mass is 253 g/mol. The molecule has 0 aliphatic carbocycles. The van der Waals surface area contributed by atoms with Crippen molar-refractivity contribution >= 4 is 0 Å². The minimum absolute atomic E-state index is 0.170. The lowest BCUT2D eigenvalue weighted by Gasteiger charge is -2.17. The Labute approximate surface area is 109 Å². The predicted octanol–water partition coefficient (Wildman–Crippen LogP) is 2.31. The number of phenols is 1. The smallest absolute Gasteiger partial charge is 0.160 e. The fourth-order valence-electron chi connectivity index (χ4n) is 1.89. The molecule has 0 bridgehead atoms. The molecule has 102 valence electrons. The van der Waals surface area contributed by atoms with Crippen LogP contribution in [0.4, 0.5) is 0 Å². The lowest BCUT2D eigenvalue weighted by Crippen LogP contribution is -2.32. The maximum Gasteiger partial charge on any atom is 0.160 e. The van der Waals surface area contributed by atoms with Gasteiger partial charge in [-0.25, -0.2) is 0 Å². The molecule has 0 heterocycles. The SMILES string of the molecule is CCCC(COC)NCc1ccc(O)c(OC)c1. The highest BCUT2D eigenvalue weighted by molar-refractivity contribution is 5.41. The quantitative estimate of drug-likeness (QED) is 0.746. The number of aromatic hydroxyl groups is 1. The van der Waals surface area contributed by atoms with Gasteiger partial charge in [-0.15, -0.1) is 0 Å². The highest BCUT2D eigenvalue weighted by Crippen LogP contribution is 2.26. The van der Waals surface area contributed by atoms with Gasteiger partial charge in [0.15, 0.2) is 11.5 Å². The zero-order valence-corrected chi connectivity index (χ0v) is 11.4. The van der Waals surface area contributed by atoms with Crippen LogP contribution in [0.1, 0.15) is 25.3 Å². The first-order chi connectivity index (χ1) is 8.71. The largest absolute Gasteiger partial charge is 0.504 e. The third-order valence-electron chi connectivity index (χ3n) is 2.84. The van der Waals surface area contributed by atoms with E-state index in [4.69, 9.17) is 9.47 Å². The zero-order chi connectivity index (χ0) is 13.4. The van der Waals surface area contributed by atoms with Gasteiger partial charge in [0.2, 0.25) is 0 Å². The van der Waals surface area contributed by atoms with Crippen molar-refractivity contribution in [1.82, 2.24) is 5.32 Å². The first kappa shape index (κ1) is 14.8. The summed E-state index contributed by atoms with van der Waals surface area (Å²) in [6.07, 6.45) is 2.21. The third kappa shape index (κ3) is 4.55. The minimum atomic E-state index is 0.170. The Hall–Kier alpha value is -1.26. The van der Waals surface area contributed by atoms with Gasteiger partial charge >= 0.3 is 0 Å². The summed E-state index contributed by atoms with van der Waals surface area (Å²) < 4.78 is 10.3. The number of rotatable bonds is 8. The van der Waals surface area contributed by atoms with Crippen molar-refractivity contribution in [3.8, 4) is 11.5 Å². The fraction of sp³-hybridized carbons (Fsp3) is 0.571. The Balaban J connectivity index is 2.55. The molecule has 0 amide bonds. The standard InChI is InChI=1S/C14H23NO3/c1-4-5-12(10-17-2)15-9-11-6-7-13(16)14(8-11)18-3/h6-8,12,15-16H,4-5,9-10H2,1-3H3. The molecule has 1 atom stereocenters. The van der Waals surface area contributed by atoms with Crippen LogP contribution in [-0.4, -0.2) is 32.0 Å². The number of benzene rings is 1. The second-order valence-corrected chi connectivity index (χ2v) is 4.33. The Morgan fingerprint density at radius 2 is 2.11 bits per heavy atom. The van der Waals surface area contributed by atoms with Crippen LogP contribution >= 0.6 is 0 Å². The fourth-order valence-corrected chi connectivity index (χ4v) is 1.89. The Bertz CT molecular complexity index is 349. The summed E-state index contributed by atoms with van der Waals surface area (Å²) in [6, 6.07) is 5.75. The molecule has 0 aliphatic heterocycles. The maximum absolute atomic E-state index is 9.52. The molecule has 0 aliphatic rings. The number of methoxy groups -OCH3 is 2. The van der Waals surface area contributed by atoms with E-state index in [0.717, 1.165) is 24.9 Å². The summed E-state index contributed by atoms with van der Waals surface area (Å²) in [5.74, 6) is 0.677. The van der Waals surface area contributed by atoms with Crippen LogP contribution in [0.2, 0.25) is 0 Å². The van der Waals surface area contributed by atoms with Gasteiger partial charge in [0, 0.05) is 19.7 Å². The molecule has 0 fully saturated rings. The van der Waals surface area contributed by atoms with Crippen LogP contribution in [0.5, 0.6) is 11.5 Å². The minimum Gasteiger partial charge on any atom is -0.504 e. The number of ether oxygens (including phenoxy) is 2. The first-order valence-corrected chi connectivity index (χ1v) is 6.29. The average molecular weight is 253 g/mol. The number of hydrogen-bond donors (Lipinski definition) is 2. The number of phenolic OH excluding ortho intramolecular Hbond substituents is 1. The third-order valence-corrected chi connectivity index (χ3v) is 2.84. The number of nitrogens with one attached hydrogen (secondary N) is 1. The van der Waals surface area contributed by atoms with Crippen molar-refractivity contribution in [3.05, 3.63) is 23.8 Å². The van der Waals surface area contributed by atoms with E-state index in [2.05, 4.69) is 12.2 Å². The molecule has 0 saturated heterocycles. The van der Waals surface area contributed by atoms with E-state index in [1.54, 1.807) is 20.3 Å². The van der Waals surface area contributed by atoms with Crippen LogP contribution in [0.25, 0.3) is 0 Å². The Morgan fingerprint density at radius 3 is 2.72 bits per heavy atom. The summed E-state index contributed by atoms with van der Waals surface area (Å²) in [4.78, 5) is 0. The van der Waals surface area contributed by atoms with E-state index in [1.807, 2.05) is 12.1 Å². The molecule has 1 rings (SSSR count). The normalized spacial score (nSPS) is 12.4. The van der Waals surface area contributed by atoms with Gasteiger partial charge in [0.25, 0.3) is 0 Å². The molecular formula is C14H23NO3. The molecule has 1 aromatic carbocycles. The van der Waals surface area contributed by atoms with Crippen molar-refractivity contribution in [2.75, 3.05) is 20.8 Å². The van der Waals surface area contributed by atoms with Crippen molar-refractivity contribution < 1.29 is 14.6 Å². The molecule has 0 aromatic heterocycles. The van der Waals surface area contributed by atoms with Gasteiger partial charge < -0.3 is 19.9 Å². The highest BCUT2D eigenvalue weighted by atomic mass is 16.5. The van der Waals surface area contributed by atoms with E-state index in [1.165, 1.54) is 0 Å². The van der Waals surface area contributed by atoms with Crippen LogP contribution in [-0.2, 0) is 11.3 Å². The first-order valence-electron chi connectivity index (χ1n) is 6.29. The summed E-state index contributed by atoms with van der Waals surface area (Å²) in [6.45, 7) is 3.61. The molecule has 0 spiro atoms. The number of hydrogen-bond acceptors (Lipinski definition) is 4. The van der Waals surface area contributed by atoms with Gasteiger partial charge in [0.05, 0.1) is 13.7 Å². The molecule has 1 unspecified atom stereocenters. The van der Waals surface area contributed by atoms with Gasteiger partial charge in [-0.3, -0.25) is 0 Å². The summed E-state index contributed by atoms with van der Waals surface area (Å²) >= 11 is 0. The molecule has 4 heteroatoms. The molecule has 0 saturated carbocycles. The maximum atomic E-state index is 9.52. The van der Waals surface area contributed by atoms with E-state index in [0.29, 0.717) is 18.4 Å². The molecule has 18 heavy (non-hydrogen) atoms. The molecule has 1 aromatic rings. The zero-order valence-electron chi connectivity index (χ0n) is 11.4. The van der Waals surface area contributed by atoms with Crippen molar-refractivity contribution in [2.45, 2.75) is 32.4 Å².